The number of hydrogen-bond acceptors (Lipinski definition) is 2. The van der Waals surface area contributed by atoms with E-state index in [9.17, 15) is 0 Å². The number of rotatable bonds is 3. The fourth-order valence-corrected chi connectivity index (χ4v) is 3.28. The minimum atomic E-state index is -2.32. The van der Waals surface area contributed by atoms with Gasteiger partial charge in [0.1, 0.15) is 0 Å². The molecule has 0 N–H and O–H groups in total. The molecule has 13 heavy (non-hydrogen) atoms. The monoisotopic (exact) mass is 254 g/mol. The quantitative estimate of drug-likeness (QED) is 0.764. The lowest BCUT2D eigenvalue weighted by Gasteiger charge is -2.13. The molecule has 0 aliphatic carbocycles. The summed E-state index contributed by atoms with van der Waals surface area (Å²) >= 11 is 17.0. The van der Waals surface area contributed by atoms with Crippen molar-refractivity contribution < 1.29 is 4.52 Å². The van der Waals surface area contributed by atoms with Gasteiger partial charge in [0.25, 0.3) is 0 Å². The van der Waals surface area contributed by atoms with Crippen LogP contribution in [0.1, 0.15) is 6.92 Å². The Kier molecular flexibility index (Phi) is 4.21. The summed E-state index contributed by atoms with van der Waals surface area (Å²) in [6, 6.07) is 7.15. The first-order valence-electron chi connectivity index (χ1n) is 3.76. The summed E-state index contributed by atoms with van der Waals surface area (Å²) < 4.78 is 5.30. The van der Waals surface area contributed by atoms with E-state index in [1.165, 1.54) is 0 Å². The van der Waals surface area contributed by atoms with Crippen LogP contribution in [0.3, 0.4) is 0 Å². The Morgan fingerprint density at radius 2 is 1.92 bits per heavy atom. The Balaban J connectivity index is 2.94. The summed E-state index contributed by atoms with van der Waals surface area (Å²) in [6.07, 6.45) is 0. The Morgan fingerprint density at radius 1 is 1.38 bits per heavy atom. The van der Waals surface area contributed by atoms with E-state index < -0.39 is 5.62 Å². The molecule has 0 radical (unpaired) electrons. The minimum absolute atomic E-state index is 0.531. The largest absolute Gasteiger partial charge is 0.335 e. The van der Waals surface area contributed by atoms with Crippen LogP contribution < -0.4 is 5.30 Å². The molecule has 0 bridgehead atoms. The molecule has 0 aromatic heterocycles. The van der Waals surface area contributed by atoms with Gasteiger partial charge in [-0.3, -0.25) is 0 Å². The highest BCUT2D eigenvalue weighted by Crippen LogP contribution is 2.51. The predicted molar refractivity (Wildman–Crippen MR) is 62.9 cm³/mol. The second kappa shape index (κ2) is 4.77. The summed E-state index contributed by atoms with van der Waals surface area (Å²) in [4.78, 5) is 0. The van der Waals surface area contributed by atoms with E-state index in [0.717, 1.165) is 5.30 Å². The Labute approximate surface area is 92.9 Å². The molecule has 0 aliphatic heterocycles. The fraction of sp³-hybridized carbons (Fsp3) is 0.250. The highest BCUT2D eigenvalue weighted by molar-refractivity contribution is 8.28. The molecule has 5 heteroatoms. The molecule has 0 amide bonds. The molecule has 0 spiro atoms. The average molecular weight is 255 g/mol. The molecule has 1 atom stereocenters. The molecule has 72 valence electrons. The second-order valence-corrected chi connectivity index (χ2v) is 8.12. The Bertz CT molecular complexity index is 325. The SMILES string of the molecule is CCOP(=S)(Cl)c1ccc(Cl)cc1. The first-order valence-corrected chi connectivity index (χ1v) is 7.77. The zero-order chi connectivity index (χ0) is 9.90. The first kappa shape index (κ1) is 11.5. The first-order chi connectivity index (χ1) is 6.06. The van der Waals surface area contributed by atoms with Gasteiger partial charge < -0.3 is 4.52 Å². The zero-order valence-corrected chi connectivity index (χ0v) is 10.3. The van der Waals surface area contributed by atoms with Gasteiger partial charge in [0.15, 0.2) is 5.62 Å². The van der Waals surface area contributed by atoms with Crippen molar-refractivity contribution in [2.75, 3.05) is 6.61 Å². The molecule has 1 aromatic rings. The van der Waals surface area contributed by atoms with Crippen LogP contribution >= 0.6 is 28.5 Å². The zero-order valence-electron chi connectivity index (χ0n) is 7.04. The lowest BCUT2D eigenvalue weighted by molar-refractivity contribution is 0.389. The van der Waals surface area contributed by atoms with Crippen LogP contribution in [0.5, 0.6) is 0 Å². The molecule has 0 aliphatic rings. The van der Waals surface area contributed by atoms with Gasteiger partial charge >= 0.3 is 0 Å². The maximum atomic E-state index is 6.07. The lowest BCUT2D eigenvalue weighted by atomic mass is 10.4. The highest BCUT2D eigenvalue weighted by atomic mass is 35.7. The van der Waals surface area contributed by atoms with Gasteiger partial charge in [0, 0.05) is 10.3 Å². The van der Waals surface area contributed by atoms with E-state index in [-0.39, 0.29) is 0 Å². The van der Waals surface area contributed by atoms with Gasteiger partial charge in [-0.15, -0.1) is 0 Å². The van der Waals surface area contributed by atoms with E-state index in [1.807, 2.05) is 19.1 Å². The van der Waals surface area contributed by atoms with Crippen molar-refractivity contribution in [2.45, 2.75) is 6.92 Å². The van der Waals surface area contributed by atoms with Crippen LogP contribution in [-0.4, -0.2) is 6.61 Å². The third-order valence-corrected chi connectivity index (χ3v) is 5.01. The molecule has 0 heterocycles. The molecule has 1 aromatic carbocycles. The molecule has 1 rings (SSSR count). The summed E-state index contributed by atoms with van der Waals surface area (Å²) in [7, 11) is 0. The predicted octanol–water partition coefficient (Wildman–Crippen LogP) is 3.55. The van der Waals surface area contributed by atoms with Crippen molar-refractivity contribution in [2.24, 2.45) is 0 Å². The molecule has 1 nitrogen and oxygen atoms in total. The molecular weight excluding hydrogens is 246 g/mol. The topological polar surface area (TPSA) is 9.23 Å². The molecular formula is C8H9Cl2OPS. The van der Waals surface area contributed by atoms with Gasteiger partial charge in [-0.25, -0.2) is 0 Å². The number of benzene rings is 1. The molecule has 0 saturated carbocycles. The van der Waals surface area contributed by atoms with Crippen LogP contribution in [0.2, 0.25) is 5.02 Å². The summed E-state index contributed by atoms with van der Waals surface area (Å²) in [5.74, 6) is 0. The van der Waals surface area contributed by atoms with E-state index in [0.29, 0.717) is 11.6 Å². The van der Waals surface area contributed by atoms with Crippen molar-refractivity contribution in [1.29, 1.82) is 0 Å². The standard InChI is InChI=1S/C8H9Cl2OPS/c1-2-11-12(10,13)8-5-3-7(9)4-6-8/h3-6H,2H2,1H3. The van der Waals surface area contributed by atoms with Crippen molar-refractivity contribution in [3.8, 4) is 0 Å². The summed E-state index contributed by atoms with van der Waals surface area (Å²) in [5.41, 5.74) is -2.32. The van der Waals surface area contributed by atoms with E-state index in [4.69, 9.17) is 39.2 Å². The average Bonchev–Trinajstić information content (AvgIpc) is 2.05. The maximum absolute atomic E-state index is 6.07. The number of halogens is 2. The second-order valence-electron chi connectivity index (χ2n) is 2.37. The van der Waals surface area contributed by atoms with Crippen LogP contribution in [0.15, 0.2) is 24.3 Å². The minimum Gasteiger partial charge on any atom is -0.335 e. The van der Waals surface area contributed by atoms with Crippen molar-refractivity contribution in [1.82, 2.24) is 0 Å². The lowest BCUT2D eigenvalue weighted by Crippen LogP contribution is -2.02. The van der Waals surface area contributed by atoms with Gasteiger partial charge in [-0.2, -0.15) is 0 Å². The summed E-state index contributed by atoms with van der Waals surface area (Å²) in [6.45, 7) is 2.41. The van der Waals surface area contributed by atoms with Crippen molar-refractivity contribution in [3.05, 3.63) is 29.3 Å². The third kappa shape index (κ3) is 3.23. The van der Waals surface area contributed by atoms with Gasteiger partial charge in [-0.05, 0) is 43.0 Å². The smallest absolute Gasteiger partial charge is 0.180 e. The fourth-order valence-electron chi connectivity index (χ4n) is 0.860. The molecule has 1 unspecified atom stereocenters. The van der Waals surface area contributed by atoms with Crippen LogP contribution in [0.4, 0.5) is 0 Å². The van der Waals surface area contributed by atoms with Crippen molar-refractivity contribution in [3.63, 3.8) is 0 Å². The Hall–Kier alpha value is 0.410. The Morgan fingerprint density at radius 3 is 2.38 bits per heavy atom. The molecule has 0 saturated heterocycles. The van der Waals surface area contributed by atoms with E-state index in [2.05, 4.69) is 0 Å². The maximum Gasteiger partial charge on any atom is 0.180 e. The van der Waals surface area contributed by atoms with Gasteiger partial charge in [0.2, 0.25) is 0 Å². The van der Waals surface area contributed by atoms with Crippen LogP contribution in [0, 0.1) is 0 Å². The van der Waals surface area contributed by atoms with Crippen LogP contribution in [0.25, 0.3) is 0 Å². The van der Waals surface area contributed by atoms with E-state index in [1.54, 1.807) is 12.1 Å². The third-order valence-electron chi connectivity index (χ3n) is 1.43. The van der Waals surface area contributed by atoms with Crippen molar-refractivity contribution >= 4 is 45.6 Å². The van der Waals surface area contributed by atoms with E-state index >= 15 is 0 Å². The number of hydrogen-bond donors (Lipinski definition) is 0. The van der Waals surface area contributed by atoms with Crippen LogP contribution in [-0.2, 0) is 16.3 Å². The normalized spacial score (nSPS) is 15.3. The summed E-state index contributed by atoms with van der Waals surface area (Å²) in [5, 5.41) is 1.52. The van der Waals surface area contributed by atoms with Gasteiger partial charge in [0.05, 0.1) is 6.61 Å². The molecule has 0 fully saturated rings. The highest BCUT2D eigenvalue weighted by Gasteiger charge is 2.15. The van der Waals surface area contributed by atoms with Gasteiger partial charge in [-0.1, -0.05) is 22.8 Å².